The molecule has 10 heteroatoms. The van der Waals surface area contributed by atoms with Gasteiger partial charge in [0, 0.05) is 29.9 Å². The van der Waals surface area contributed by atoms with Gasteiger partial charge in [0.1, 0.15) is 28.6 Å². The van der Waals surface area contributed by atoms with Gasteiger partial charge in [0.2, 0.25) is 0 Å². The van der Waals surface area contributed by atoms with E-state index >= 15 is 0 Å². The highest BCUT2D eigenvalue weighted by atomic mass is 35.5. The van der Waals surface area contributed by atoms with Gasteiger partial charge < -0.3 is 19.2 Å². The van der Waals surface area contributed by atoms with Crippen molar-refractivity contribution in [3.63, 3.8) is 0 Å². The van der Waals surface area contributed by atoms with Gasteiger partial charge in [-0.05, 0) is 31.2 Å². The minimum Gasteiger partial charge on any atom is -0.458 e. The van der Waals surface area contributed by atoms with Gasteiger partial charge in [0.15, 0.2) is 5.65 Å². The maximum atomic E-state index is 12.6. The number of nitrogens with one attached hydrogen (secondary N) is 1. The molecule has 1 aromatic carbocycles. The van der Waals surface area contributed by atoms with Crippen LogP contribution < -0.4 is 5.32 Å². The molecular formula is C21H19ClN4O5. The lowest BCUT2D eigenvalue weighted by atomic mass is 10.1. The van der Waals surface area contributed by atoms with Gasteiger partial charge in [-0.15, -0.1) is 0 Å². The van der Waals surface area contributed by atoms with Crippen LogP contribution in [0.1, 0.15) is 33.4 Å². The van der Waals surface area contributed by atoms with Crippen molar-refractivity contribution in [1.82, 2.24) is 19.9 Å². The Balaban J connectivity index is 1.54. The predicted octanol–water partition coefficient (Wildman–Crippen LogP) is 3.25. The van der Waals surface area contributed by atoms with Gasteiger partial charge >= 0.3 is 5.97 Å². The first-order chi connectivity index (χ1) is 15.0. The van der Waals surface area contributed by atoms with E-state index in [0.717, 1.165) is 0 Å². The van der Waals surface area contributed by atoms with Crippen LogP contribution in [0, 0.1) is 0 Å². The minimum atomic E-state index is -0.570. The number of benzene rings is 1. The summed E-state index contributed by atoms with van der Waals surface area (Å²) in [4.78, 5) is 29.3. The van der Waals surface area contributed by atoms with Gasteiger partial charge in [0.25, 0.3) is 5.91 Å². The molecule has 0 saturated heterocycles. The molecule has 0 aliphatic heterocycles. The van der Waals surface area contributed by atoms with Crippen LogP contribution in [0.25, 0.3) is 16.6 Å². The lowest BCUT2D eigenvalue weighted by molar-refractivity contribution is 0.0121. The standard InChI is InChI=1S/C21H19ClN4O5/c1-12(11-29-2)30-21(28)16-8-14(22)6-13-7-15(31-18(13)16)9-24-20(27)17-10-25-26-5-3-4-23-19(17)26/h3-8,10,12H,9,11H2,1-2H3,(H,24,27). The molecule has 0 saturated carbocycles. The van der Waals surface area contributed by atoms with Crippen molar-refractivity contribution in [3.05, 3.63) is 64.8 Å². The number of ether oxygens (including phenoxy) is 2. The van der Waals surface area contributed by atoms with E-state index in [2.05, 4.69) is 15.4 Å². The zero-order chi connectivity index (χ0) is 22.0. The van der Waals surface area contributed by atoms with E-state index in [1.54, 1.807) is 37.5 Å². The van der Waals surface area contributed by atoms with Gasteiger partial charge in [-0.1, -0.05) is 11.6 Å². The summed E-state index contributed by atoms with van der Waals surface area (Å²) in [5, 5.41) is 7.87. The second-order valence-electron chi connectivity index (χ2n) is 6.88. The Bertz CT molecular complexity index is 1270. The Morgan fingerprint density at radius 1 is 1.29 bits per heavy atom. The molecule has 9 nitrogen and oxygen atoms in total. The molecule has 31 heavy (non-hydrogen) atoms. The van der Waals surface area contributed by atoms with Crippen LogP contribution in [-0.4, -0.2) is 46.3 Å². The molecule has 160 valence electrons. The van der Waals surface area contributed by atoms with Gasteiger partial charge in [0.05, 0.1) is 19.3 Å². The summed E-state index contributed by atoms with van der Waals surface area (Å²) in [6.45, 7) is 2.09. The molecular weight excluding hydrogens is 424 g/mol. The fourth-order valence-corrected chi connectivity index (χ4v) is 3.40. The molecule has 0 aliphatic carbocycles. The van der Waals surface area contributed by atoms with Crippen LogP contribution in [0.2, 0.25) is 5.02 Å². The average molecular weight is 443 g/mol. The molecule has 0 aliphatic rings. The van der Waals surface area contributed by atoms with Crippen molar-refractivity contribution in [2.45, 2.75) is 19.6 Å². The number of esters is 1. The number of aromatic nitrogens is 3. The molecule has 1 atom stereocenters. The molecule has 3 aromatic heterocycles. The Labute approximate surface area is 181 Å². The molecule has 4 aromatic rings. The number of furan rings is 1. The van der Waals surface area contributed by atoms with Crippen LogP contribution in [0.15, 0.2) is 47.3 Å². The van der Waals surface area contributed by atoms with E-state index in [4.69, 9.17) is 25.5 Å². The predicted molar refractivity (Wildman–Crippen MR) is 112 cm³/mol. The summed E-state index contributed by atoms with van der Waals surface area (Å²) in [7, 11) is 1.53. The molecule has 0 radical (unpaired) electrons. The maximum absolute atomic E-state index is 12.6. The summed E-state index contributed by atoms with van der Waals surface area (Å²) in [5.74, 6) is -0.464. The summed E-state index contributed by atoms with van der Waals surface area (Å²) in [5.41, 5.74) is 1.33. The molecule has 1 amide bonds. The molecule has 0 bridgehead atoms. The summed E-state index contributed by atoms with van der Waals surface area (Å²) in [6, 6.07) is 6.60. The first-order valence-electron chi connectivity index (χ1n) is 9.44. The number of carbonyl (C=O) groups excluding carboxylic acids is 2. The van der Waals surface area contributed by atoms with E-state index in [-0.39, 0.29) is 24.6 Å². The van der Waals surface area contributed by atoms with Gasteiger partial charge in [-0.25, -0.2) is 14.3 Å². The molecule has 0 spiro atoms. The third-order valence-electron chi connectivity index (χ3n) is 4.51. The SMILES string of the molecule is COCC(C)OC(=O)c1cc(Cl)cc2cc(CNC(=O)c3cnn4cccnc34)oc12. The number of amides is 1. The number of halogens is 1. The third-order valence-corrected chi connectivity index (χ3v) is 4.73. The number of nitrogens with zero attached hydrogens (tertiary/aromatic N) is 3. The van der Waals surface area contributed by atoms with E-state index in [9.17, 15) is 9.59 Å². The normalized spacial score (nSPS) is 12.2. The highest BCUT2D eigenvalue weighted by molar-refractivity contribution is 6.32. The van der Waals surface area contributed by atoms with Crippen LogP contribution in [0.4, 0.5) is 0 Å². The highest BCUT2D eigenvalue weighted by Crippen LogP contribution is 2.28. The molecule has 4 rings (SSSR count). The van der Waals surface area contributed by atoms with Crippen LogP contribution in [0.3, 0.4) is 0 Å². The molecule has 1 unspecified atom stereocenters. The van der Waals surface area contributed by atoms with Crippen LogP contribution in [-0.2, 0) is 16.0 Å². The van der Waals surface area contributed by atoms with E-state index < -0.39 is 12.1 Å². The zero-order valence-corrected chi connectivity index (χ0v) is 17.5. The number of fused-ring (bicyclic) bond motifs is 2. The van der Waals surface area contributed by atoms with E-state index in [1.165, 1.54) is 23.9 Å². The number of hydrogen-bond donors (Lipinski definition) is 1. The maximum Gasteiger partial charge on any atom is 0.342 e. The first-order valence-corrected chi connectivity index (χ1v) is 9.82. The largest absolute Gasteiger partial charge is 0.458 e. The number of rotatable bonds is 7. The quantitative estimate of drug-likeness (QED) is 0.437. The lowest BCUT2D eigenvalue weighted by Crippen LogP contribution is -2.22. The van der Waals surface area contributed by atoms with Crippen LogP contribution in [0.5, 0.6) is 0 Å². The van der Waals surface area contributed by atoms with Crippen molar-refractivity contribution >= 4 is 40.1 Å². The third kappa shape index (κ3) is 4.37. The zero-order valence-electron chi connectivity index (χ0n) is 16.8. The van der Waals surface area contributed by atoms with Gasteiger partial charge in [-0.2, -0.15) is 5.10 Å². The van der Waals surface area contributed by atoms with Crippen molar-refractivity contribution in [2.24, 2.45) is 0 Å². The van der Waals surface area contributed by atoms with Crippen molar-refractivity contribution in [2.75, 3.05) is 13.7 Å². The molecule has 3 heterocycles. The Morgan fingerprint density at radius 2 is 2.13 bits per heavy atom. The number of methoxy groups -OCH3 is 1. The van der Waals surface area contributed by atoms with Crippen molar-refractivity contribution in [1.29, 1.82) is 0 Å². The topological polar surface area (TPSA) is 108 Å². The number of hydrogen-bond acceptors (Lipinski definition) is 7. The molecule has 0 fully saturated rings. The Kier molecular flexibility index (Phi) is 5.88. The summed E-state index contributed by atoms with van der Waals surface area (Å²) in [6.07, 6.45) is 4.31. The van der Waals surface area contributed by atoms with Crippen LogP contribution >= 0.6 is 11.6 Å². The Morgan fingerprint density at radius 3 is 2.94 bits per heavy atom. The molecule has 1 N–H and O–H groups in total. The van der Waals surface area contributed by atoms with Crippen molar-refractivity contribution < 1.29 is 23.5 Å². The average Bonchev–Trinajstić information content (AvgIpc) is 3.35. The smallest absolute Gasteiger partial charge is 0.342 e. The first kappa shape index (κ1) is 20.8. The second kappa shape index (κ2) is 8.75. The fourth-order valence-electron chi connectivity index (χ4n) is 3.17. The lowest BCUT2D eigenvalue weighted by Gasteiger charge is -2.12. The summed E-state index contributed by atoms with van der Waals surface area (Å²) >= 11 is 6.17. The van der Waals surface area contributed by atoms with E-state index in [1.807, 2.05) is 0 Å². The summed E-state index contributed by atoms with van der Waals surface area (Å²) < 4.78 is 17.7. The highest BCUT2D eigenvalue weighted by Gasteiger charge is 2.20. The minimum absolute atomic E-state index is 0.101. The van der Waals surface area contributed by atoms with E-state index in [0.29, 0.717) is 33.0 Å². The Hall–Kier alpha value is -3.43. The number of carbonyl (C=O) groups is 2. The fraction of sp³-hybridized carbons (Fsp3) is 0.238. The second-order valence-corrected chi connectivity index (χ2v) is 7.32. The van der Waals surface area contributed by atoms with Crippen molar-refractivity contribution in [3.8, 4) is 0 Å². The monoisotopic (exact) mass is 442 g/mol. The van der Waals surface area contributed by atoms with Gasteiger partial charge in [-0.3, -0.25) is 4.79 Å².